The smallest absolute Gasteiger partial charge is 0.253 e. The number of rotatable bonds is 7. The molecule has 29 heavy (non-hydrogen) atoms. The molecule has 6 heteroatoms. The first-order chi connectivity index (χ1) is 13.8. The standard InChI is InChI=1S/C23H24N2O3S/c1-18-9-8-12-20(15-18)16-24-23(26)21-13-6-7-14-22(21)25(29(2,27)28)17-19-10-4-3-5-11-19/h3-15H,16-17H2,1-2H3,(H,24,26). The molecular formula is C23H24N2O3S. The monoisotopic (exact) mass is 408 g/mol. The maximum atomic E-state index is 12.9. The van der Waals surface area contributed by atoms with Gasteiger partial charge in [0.15, 0.2) is 0 Å². The molecule has 0 saturated heterocycles. The number of para-hydroxylation sites is 1. The first-order valence-corrected chi connectivity index (χ1v) is 11.1. The van der Waals surface area contributed by atoms with Gasteiger partial charge in [0, 0.05) is 6.54 Å². The first-order valence-electron chi connectivity index (χ1n) is 9.29. The van der Waals surface area contributed by atoms with Crippen molar-refractivity contribution in [3.63, 3.8) is 0 Å². The van der Waals surface area contributed by atoms with Crippen LogP contribution in [0.5, 0.6) is 0 Å². The summed E-state index contributed by atoms with van der Waals surface area (Å²) in [5.74, 6) is -0.316. The Bertz CT molecular complexity index is 1100. The Balaban J connectivity index is 1.88. The minimum atomic E-state index is -3.59. The van der Waals surface area contributed by atoms with Crippen LogP contribution in [0, 0.1) is 6.92 Å². The van der Waals surface area contributed by atoms with Gasteiger partial charge in [-0.3, -0.25) is 9.10 Å². The van der Waals surface area contributed by atoms with Gasteiger partial charge in [-0.1, -0.05) is 72.3 Å². The fourth-order valence-corrected chi connectivity index (χ4v) is 4.01. The quantitative estimate of drug-likeness (QED) is 0.645. The van der Waals surface area contributed by atoms with Crippen LogP contribution < -0.4 is 9.62 Å². The molecule has 0 aromatic heterocycles. The van der Waals surface area contributed by atoms with Crippen LogP contribution in [-0.2, 0) is 23.1 Å². The third-order valence-corrected chi connectivity index (χ3v) is 5.65. The number of amides is 1. The Morgan fingerprint density at radius 3 is 2.24 bits per heavy atom. The van der Waals surface area contributed by atoms with E-state index < -0.39 is 10.0 Å². The van der Waals surface area contributed by atoms with Crippen LogP contribution >= 0.6 is 0 Å². The zero-order chi connectivity index (χ0) is 20.9. The number of anilines is 1. The number of sulfonamides is 1. The van der Waals surface area contributed by atoms with Crippen molar-refractivity contribution in [2.75, 3.05) is 10.6 Å². The second-order valence-corrected chi connectivity index (χ2v) is 8.85. The fourth-order valence-electron chi connectivity index (χ4n) is 3.11. The number of nitrogens with zero attached hydrogens (tertiary/aromatic N) is 1. The molecule has 1 amide bonds. The predicted molar refractivity (Wildman–Crippen MR) is 116 cm³/mol. The summed E-state index contributed by atoms with van der Waals surface area (Å²) in [6.45, 7) is 2.52. The maximum absolute atomic E-state index is 12.9. The van der Waals surface area contributed by atoms with Crippen molar-refractivity contribution in [3.05, 3.63) is 101 Å². The van der Waals surface area contributed by atoms with Gasteiger partial charge in [-0.15, -0.1) is 0 Å². The Morgan fingerprint density at radius 1 is 0.897 bits per heavy atom. The molecule has 0 bridgehead atoms. The molecule has 3 aromatic rings. The van der Waals surface area contributed by atoms with Crippen LogP contribution in [0.3, 0.4) is 0 Å². The summed E-state index contributed by atoms with van der Waals surface area (Å²) >= 11 is 0. The van der Waals surface area contributed by atoms with Crippen LogP contribution in [0.15, 0.2) is 78.9 Å². The number of aryl methyl sites for hydroxylation is 1. The van der Waals surface area contributed by atoms with E-state index in [0.29, 0.717) is 17.8 Å². The third kappa shape index (κ3) is 5.45. The molecular weight excluding hydrogens is 384 g/mol. The zero-order valence-electron chi connectivity index (χ0n) is 16.5. The highest BCUT2D eigenvalue weighted by molar-refractivity contribution is 7.92. The maximum Gasteiger partial charge on any atom is 0.253 e. The molecule has 0 aliphatic rings. The Morgan fingerprint density at radius 2 is 1.55 bits per heavy atom. The van der Waals surface area contributed by atoms with Crippen LogP contribution in [0.2, 0.25) is 0 Å². The molecule has 0 heterocycles. The fraction of sp³-hybridized carbons (Fsp3) is 0.174. The number of benzene rings is 3. The number of carbonyl (C=O) groups is 1. The SMILES string of the molecule is Cc1cccc(CNC(=O)c2ccccc2N(Cc2ccccc2)S(C)(=O)=O)c1. The Hall–Kier alpha value is -3.12. The van der Waals surface area contributed by atoms with Crippen LogP contribution in [0.1, 0.15) is 27.0 Å². The summed E-state index contributed by atoms with van der Waals surface area (Å²) in [6, 6.07) is 24.0. The summed E-state index contributed by atoms with van der Waals surface area (Å²) < 4.78 is 26.3. The van der Waals surface area contributed by atoms with E-state index in [4.69, 9.17) is 0 Å². The van der Waals surface area contributed by atoms with E-state index in [1.54, 1.807) is 24.3 Å². The minimum absolute atomic E-state index is 0.155. The molecule has 3 rings (SSSR count). The third-order valence-electron chi connectivity index (χ3n) is 4.52. The van der Waals surface area contributed by atoms with Crippen molar-refractivity contribution in [2.24, 2.45) is 0 Å². The molecule has 0 fully saturated rings. The van der Waals surface area contributed by atoms with Gasteiger partial charge in [-0.25, -0.2) is 8.42 Å². The number of hydrogen-bond donors (Lipinski definition) is 1. The number of carbonyl (C=O) groups excluding carboxylic acids is 1. The van der Waals surface area contributed by atoms with Gasteiger partial charge in [0.25, 0.3) is 5.91 Å². The lowest BCUT2D eigenvalue weighted by Gasteiger charge is -2.24. The Labute approximate surface area is 172 Å². The molecule has 150 valence electrons. The molecule has 3 aromatic carbocycles. The van der Waals surface area contributed by atoms with Crippen molar-refractivity contribution >= 4 is 21.6 Å². The van der Waals surface area contributed by atoms with Crippen LogP contribution in [0.25, 0.3) is 0 Å². The Kier molecular flexibility index (Phi) is 6.34. The second kappa shape index (κ2) is 8.92. The number of hydrogen-bond acceptors (Lipinski definition) is 3. The van der Waals surface area contributed by atoms with E-state index in [9.17, 15) is 13.2 Å². The van der Waals surface area contributed by atoms with Gasteiger partial charge in [-0.2, -0.15) is 0 Å². The summed E-state index contributed by atoms with van der Waals surface area (Å²) in [5.41, 5.74) is 3.62. The van der Waals surface area contributed by atoms with E-state index in [-0.39, 0.29) is 12.5 Å². The molecule has 0 saturated carbocycles. The molecule has 0 spiro atoms. The lowest BCUT2D eigenvalue weighted by molar-refractivity contribution is 0.0951. The first kappa shape index (κ1) is 20.6. The van der Waals surface area contributed by atoms with Gasteiger partial charge in [0.1, 0.15) is 0 Å². The molecule has 0 radical (unpaired) electrons. The summed E-state index contributed by atoms with van der Waals surface area (Å²) in [6.07, 6.45) is 1.15. The minimum Gasteiger partial charge on any atom is -0.348 e. The van der Waals surface area contributed by atoms with E-state index >= 15 is 0 Å². The van der Waals surface area contributed by atoms with E-state index in [0.717, 1.165) is 22.9 Å². The lowest BCUT2D eigenvalue weighted by atomic mass is 10.1. The normalized spacial score (nSPS) is 11.1. The van der Waals surface area contributed by atoms with E-state index in [2.05, 4.69) is 5.32 Å². The van der Waals surface area contributed by atoms with Gasteiger partial charge >= 0.3 is 0 Å². The molecule has 1 N–H and O–H groups in total. The van der Waals surface area contributed by atoms with Gasteiger partial charge in [-0.05, 0) is 30.2 Å². The topological polar surface area (TPSA) is 66.5 Å². The van der Waals surface area contributed by atoms with Crippen LogP contribution in [-0.4, -0.2) is 20.6 Å². The molecule has 0 aliphatic heterocycles. The molecule has 0 unspecified atom stereocenters. The number of nitrogens with one attached hydrogen (secondary N) is 1. The predicted octanol–water partition coefficient (Wildman–Crippen LogP) is 3.89. The second-order valence-electron chi connectivity index (χ2n) is 6.94. The van der Waals surface area contributed by atoms with E-state index in [1.807, 2.05) is 61.5 Å². The van der Waals surface area contributed by atoms with Crippen molar-refractivity contribution in [1.82, 2.24) is 5.32 Å². The molecule has 0 aliphatic carbocycles. The summed E-state index contributed by atoms with van der Waals surface area (Å²) in [5, 5.41) is 2.89. The highest BCUT2D eigenvalue weighted by Crippen LogP contribution is 2.25. The van der Waals surface area contributed by atoms with Gasteiger partial charge in [0.05, 0.1) is 24.1 Å². The average molecular weight is 409 g/mol. The van der Waals surface area contributed by atoms with Gasteiger partial charge < -0.3 is 5.32 Å². The summed E-state index contributed by atoms with van der Waals surface area (Å²) in [7, 11) is -3.59. The molecule has 0 atom stereocenters. The average Bonchev–Trinajstić information content (AvgIpc) is 2.70. The van der Waals surface area contributed by atoms with Crippen molar-refractivity contribution in [2.45, 2.75) is 20.0 Å². The zero-order valence-corrected chi connectivity index (χ0v) is 17.3. The van der Waals surface area contributed by atoms with Crippen molar-refractivity contribution in [1.29, 1.82) is 0 Å². The van der Waals surface area contributed by atoms with Crippen LogP contribution in [0.4, 0.5) is 5.69 Å². The van der Waals surface area contributed by atoms with E-state index in [1.165, 1.54) is 4.31 Å². The van der Waals surface area contributed by atoms with Gasteiger partial charge in [0.2, 0.25) is 10.0 Å². The van der Waals surface area contributed by atoms with Crippen molar-refractivity contribution in [3.8, 4) is 0 Å². The molecule has 5 nitrogen and oxygen atoms in total. The highest BCUT2D eigenvalue weighted by atomic mass is 32.2. The summed E-state index contributed by atoms with van der Waals surface area (Å²) in [4.78, 5) is 12.9. The highest BCUT2D eigenvalue weighted by Gasteiger charge is 2.23. The lowest BCUT2D eigenvalue weighted by Crippen LogP contribution is -2.32. The van der Waals surface area contributed by atoms with Crippen molar-refractivity contribution < 1.29 is 13.2 Å². The largest absolute Gasteiger partial charge is 0.348 e.